The fraction of sp³-hybridized carbons (Fsp3) is 0.429. The molecule has 0 saturated heterocycles. The third kappa shape index (κ3) is 1.72. The summed E-state index contributed by atoms with van der Waals surface area (Å²) in [4.78, 5) is 1.29. The summed E-state index contributed by atoms with van der Waals surface area (Å²) in [5.74, 6) is 0. The van der Waals surface area contributed by atoms with Gasteiger partial charge in [-0.3, -0.25) is 0 Å². The highest BCUT2D eigenvalue weighted by molar-refractivity contribution is 7.13. The highest BCUT2D eigenvalue weighted by atomic mass is 32.1. The second-order valence-corrected chi connectivity index (χ2v) is 3.09. The van der Waals surface area contributed by atoms with Crippen LogP contribution in [0.4, 0.5) is 0 Å². The van der Waals surface area contributed by atoms with Gasteiger partial charge in [-0.2, -0.15) is 0 Å². The van der Waals surface area contributed by atoms with Gasteiger partial charge in [-0.15, -0.1) is 11.3 Å². The quantitative estimate of drug-likeness (QED) is 0.717. The predicted molar refractivity (Wildman–Crippen MR) is 43.6 cm³/mol. The zero-order chi connectivity index (χ0) is 7.40. The van der Waals surface area contributed by atoms with Crippen LogP contribution < -0.4 is 10.5 Å². The van der Waals surface area contributed by atoms with Crippen molar-refractivity contribution in [1.29, 1.82) is 0 Å². The molecule has 1 aromatic heterocycles. The average molecular weight is 157 g/mol. The summed E-state index contributed by atoms with van der Waals surface area (Å²) >= 11 is 1.66. The van der Waals surface area contributed by atoms with Gasteiger partial charge in [-0.25, -0.2) is 0 Å². The summed E-state index contributed by atoms with van der Waals surface area (Å²) in [6.45, 7) is 0.712. The molecular formula is C7H11NOS. The topological polar surface area (TPSA) is 35.2 Å². The minimum Gasteiger partial charge on any atom is -0.487 e. The van der Waals surface area contributed by atoms with Crippen molar-refractivity contribution in [2.45, 2.75) is 6.42 Å². The first kappa shape index (κ1) is 7.57. The number of methoxy groups -OCH3 is 1. The standard InChI is InChI=1S/C7H11NOS/c1-9-7-3-2-6(10-7)4-5-8/h2-3H,4-5,8H2,1H3. The van der Waals surface area contributed by atoms with Crippen LogP contribution in [0.15, 0.2) is 12.1 Å². The van der Waals surface area contributed by atoms with E-state index in [1.54, 1.807) is 18.4 Å². The maximum atomic E-state index is 5.38. The summed E-state index contributed by atoms with van der Waals surface area (Å²) in [6.07, 6.45) is 0.952. The maximum absolute atomic E-state index is 5.38. The fourth-order valence-electron chi connectivity index (χ4n) is 0.745. The van der Waals surface area contributed by atoms with Gasteiger partial charge in [0.05, 0.1) is 7.11 Å². The largest absolute Gasteiger partial charge is 0.487 e. The number of nitrogens with two attached hydrogens (primary N) is 1. The van der Waals surface area contributed by atoms with Crippen molar-refractivity contribution in [1.82, 2.24) is 0 Å². The third-order valence-corrected chi connectivity index (χ3v) is 2.34. The van der Waals surface area contributed by atoms with Crippen LogP contribution in [0, 0.1) is 0 Å². The lowest BCUT2D eigenvalue weighted by Crippen LogP contribution is -2.00. The lowest BCUT2D eigenvalue weighted by molar-refractivity contribution is 0.427. The van der Waals surface area contributed by atoms with Gasteiger partial charge >= 0.3 is 0 Å². The molecule has 0 spiro atoms. The molecule has 2 N–H and O–H groups in total. The summed E-state index contributed by atoms with van der Waals surface area (Å²) in [5.41, 5.74) is 5.38. The lowest BCUT2D eigenvalue weighted by atomic mass is 10.3. The Hall–Kier alpha value is -0.540. The summed E-state index contributed by atoms with van der Waals surface area (Å²) < 4.78 is 5.02. The Kier molecular flexibility index (Phi) is 2.71. The first-order valence-electron chi connectivity index (χ1n) is 3.19. The molecule has 1 aromatic rings. The number of hydrogen-bond acceptors (Lipinski definition) is 3. The van der Waals surface area contributed by atoms with E-state index in [1.807, 2.05) is 6.07 Å². The summed E-state index contributed by atoms with van der Waals surface area (Å²) in [5, 5.41) is 0.962. The number of thiophene rings is 1. The van der Waals surface area contributed by atoms with E-state index in [1.165, 1.54) is 4.88 Å². The van der Waals surface area contributed by atoms with E-state index in [9.17, 15) is 0 Å². The SMILES string of the molecule is COc1ccc(CCN)s1. The van der Waals surface area contributed by atoms with E-state index < -0.39 is 0 Å². The molecule has 0 aliphatic carbocycles. The van der Waals surface area contributed by atoms with Crippen molar-refractivity contribution in [2.75, 3.05) is 13.7 Å². The van der Waals surface area contributed by atoms with Crippen LogP contribution in [0.1, 0.15) is 4.88 Å². The zero-order valence-electron chi connectivity index (χ0n) is 5.96. The molecule has 1 rings (SSSR count). The fourth-order valence-corrected chi connectivity index (χ4v) is 1.58. The highest BCUT2D eigenvalue weighted by Crippen LogP contribution is 2.23. The molecule has 0 aromatic carbocycles. The van der Waals surface area contributed by atoms with Gasteiger partial charge < -0.3 is 10.5 Å². The van der Waals surface area contributed by atoms with E-state index in [0.717, 1.165) is 11.5 Å². The smallest absolute Gasteiger partial charge is 0.173 e. The molecule has 0 radical (unpaired) electrons. The lowest BCUT2D eigenvalue weighted by Gasteiger charge is -1.90. The van der Waals surface area contributed by atoms with Crippen LogP contribution in [0.2, 0.25) is 0 Å². The van der Waals surface area contributed by atoms with Crippen molar-refractivity contribution < 1.29 is 4.74 Å². The molecule has 0 atom stereocenters. The van der Waals surface area contributed by atoms with Crippen LogP contribution in [0.25, 0.3) is 0 Å². The van der Waals surface area contributed by atoms with Crippen molar-refractivity contribution in [3.8, 4) is 5.06 Å². The molecule has 0 unspecified atom stereocenters. The molecule has 0 saturated carbocycles. The molecule has 0 fully saturated rings. The Bertz CT molecular complexity index is 197. The predicted octanol–water partition coefficient (Wildman–Crippen LogP) is 1.26. The van der Waals surface area contributed by atoms with Gasteiger partial charge in [0, 0.05) is 4.88 Å². The molecule has 0 aliphatic rings. The van der Waals surface area contributed by atoms with E-state index in [-0.39, 0.29) is 0 Å². The van der Waals surface area contributed by atoms with E-state index in [0.29, 0.717) is 6.54 Å². The van der Waals surface area contributed by atoms with Gasteiger partial charge in [0.25, 0.3) is 0 Å². The molecule has 56 valence electrons. The first-order chi connectivity index (χ1) is 4.86. The Morgan fingerprint density at radius 3 is 2.90 bits per heavy atom. The molecule has 1 heterocycles. The average Bonchev–Trinajstić information content (AvgIpc) is 2.37. The van der Waals surface area contributed by atoms with Gasteiger partial charge in [-0.05, 0) is 25.1 Å². The second-order valence-electron chi connectivity index (χ2n) is 1.96. The molecule has 10 heavy (non-hydrogen) atoms. The van der Waals surface area contributed by atoms with Gasteiger partial charge in [0.2, 0.25) is 0 Å². The minimum atomic E-state index is 0.712. The molecular weight excluding hydrogens is 146 g/mol. The number of ether oxygens (including phenoxy) is 1. The van der Waals surface area contributed by atoms with E-state index in [4.69, 9.17) is 10.5 Å². The Morgan fingerprint density at radius 1 is 1.60 bits per heavy atom. The van der Waals surface area contributed by atoms with Crippen molar-refractivity contribution in [2.24, 2.45) is 5.73 Å². The minimum absolute atomic E-state index is 0.712. The molecule has 0 bridgehead atoms. The monoisotopic (exact) mass is 157 g/mol. The van der Waals surface area contributed by atoms with E-state index >= 15 is 0 Å². The van der Waals surface area contributed by atoms with Crippen LogP contribution in [0.5, 0.6) is 5.06 Å². The molecule has 2 nitrogen and oxygen atoms in total. The normalized spacial score (nSPS) is 9.80. The Labute approximate surface area is 64.6 Å². The van der Waals surface area contributed by atoms with Crippen molar-refractivity contribution in [3.05, 3.63) is 17.0 Å². The molecule has 0 aliphatic heterocycles. The van der Waals surface area contributed by atoms with Gasteiger partial charge in [0.15, 0.2) is 5.06 Å². The van der Waals surface area contributed by atoms with Gasteiger partial charge in [0.1, 0.15) is 0 Å². The van der Waals surface area contributed by atoms with E-state index in [2.05, 4.69) is 6.07 Å². The highest BCUT2D eigenvalue weighted by Gasteiger charge is 1.96. The van der Waals surface area contributed by atoms with Crippen LogP contribution in [-0.4, -0.2) is 13.7 Å². The second kappa shape index (κ2) is 3.58. The molecule has 0 amide bonds. The number of rotatable bonds is 3. The molecule has 3 heteroatoms. The summed E-state index contributed by atoms with van der Waals surface area (Å²) in [7, 11) is 1.68. The van der Waals surface area contributed by atoms with Crippen LogP contribution in [-0.2, 0) is 6.42 Å². The van der Waals surface area contributed by atoms with Crippen molar-refractivity contribution in [3.63, 3.8) is 0 Å². The van der Waals surface area contributed by atoms with Gasteiger partial charge in [-0.1, -0.05) is 0 Å². The Morgan fingerprint density at radius 2 is 2.40 bits per heavy atom. The zero-order valence-corrected chi connectivity index (χ0v) is 6.78. The number of hydrogen-bond donors (Lipinski definition) is 1. The first-order valence-corrected chi connectivity index (χ1v) is 4.01. The third-order valence-electron chi connectivity index (χ3n) is 1.23. The van der Waals surface area contributed by atoms with Crippen LogP contribution in [0.3, 0.4) is 0 Å². The summed E-state index contributed by atoms with van der Waals surface area (Å²) in [6, 6.07) is 4.02. The van der Waals surface area contributed by atoms with Crippen molar-refractivity contribution >= 4 is 11.3 Å². The Balaban J connectivity index is 2.59. The van der Waals surface area contributed by atoms with Crippen LogP contribution >= 0.6 is 11.3 Å². The maximum Gasteiger partial charge on any atom is 0.173 e.